The molecule has 0 bridgehead atoms. The monoisotopic (exact) mass is 419 g/mol. The zero-order valence-corrected chi connectivity index (χ0v) is 17.8. The molecule has 1 aromatic heterocycles. The lowest BCUT2D eigenvalue weighted by Crippen LogP contribution is -2.44. The van der Waals surface area contributed by atoms with Gasteiger partial charge >= 0.3 is 0 Å². The van der Waals surface area contributed by atoms with Crippen molar-refractivity contribution in [3.8, 4) is 0 Å². The van der Waals surface area contributed by atoms with E-state index >= 15 is 0 Å². The minimum absolute atomic E-state index is 0.0122. The van der Waals surface area contributed by atoms with Crippen molar-refractivity contribution >= 4 is 34.8 Å². The maximum Gasteiger partial charge on any atom is 0.263 e. The Morgan fingerprint density at radius 2 is 1.93 bits per heavy atom. The number of rotatable bonds is 6. The Bertz CT molecular complexity index is 802. The Morgan fingerprint density at radius 3 is 2.54 bits per heavy atom. The van der Waals surface area contributed by atoms with Crippen molar-refractivity contribution in [3.05, 3.63) is 57.2 Å². The second-order valence-corrected chi connectivity index (χ2v) is 8.64. The van der Waals surface area contributed by atoms with Crippen LogP contribution in [0.4, 0.5) is 0 Å². The fourth-order valence-corrected chi connectivity index (χ4v) is 4.51. The fraction of sp³-hybridized carbons (Fsp3) is 0.429. The van der Waals surface area contributed by atoms with Crippen molar-refractivity contribution in [2.45, 2.75) is 18.9 Å². The van der Waals surface area contributed by atoms with Gasteiger partial charge in [0.05, 0.1) is 10.9 Å². The number of hydrogen-bond acceptors (Lipinski definition) is 4. The number of amides is 2. The molecule has 1 saturated heterocycles. The Labute approximate surface area is 175 Å². The largest absolute Gasteiger partial charge is 0.354 e. The van der Waals surface area contributed by atoms with E-state index in [0.29, 0.717) is 37.5 Å². The highest BCUT2D eigenvalue weighted by Crippen LogP contribution is 2.26. The number of piperidine rings is 1. The molecule has 2 heterocycles. The summed E-state index contributed by atoms with van der Waals surface area (Å²) in [4.78, 5) is 29.8. The molecule has 2 amide bonds. The molecule has 1 aromatic carbocycles. The number of carbonyl (C=O) groups excluding carboxylic acids is 2. The molecule has 3 rings (SSSR count). The number of nitrogens with one attached hydrogen (secondary N) is 1. The highest BCUT2D eigenvalue weighted by Gasteiger charge is 2.28. The summed E-state index contributed by atoms with van der Waals surface area (Å²) in [6.07, 6.45) is 1.39. The number of benzene rings is 1. The molecule has 0 radical (unpaired) electrons. The summed E-state index contributed by atoms with van der Waals surface area (Å²) in [7, 11) is 3.96. The smallest absolute Gasteiger partial charge is 0.263 e. The van der Waals surface area contributed by atoms with E-state index in [1.54, 1.807) is 0 Å². The quantitative estimate of drug-likeness (QED) is 0.777. The van der Waals surface area contributed by atoms with Crippen molar-refractivity contribution in [3.63, 3.8) is 0 Å². The van der Waals surface area contributed by atoms with Gasteiger partial charge in [-0.3, -0.25) is 9.59 Å². The zero-order valence-electron chi connectivity index (χ0n) is 16.2. The maximum atomic E-state index is 12.7. The number of likely N-dealkylation sites (N-methyl/N-ethyl adjacent to an activating group) is 1. The van der Waals surface area contributed by atoms with Gasteiger partial charge < -0.3 is 15.1 Å². The van der Waals surface area contributed by atoms with Crippen LogP contribution in [0.15, 0.2) is 41.8 Å². The van der Waals surface area contributed by atoms with Crippen LogP contribution in [0.1, 0.15) is 34.1 Å². The van der Waals surface area contributed by atoms with Gasteiger partial charge in [-0.1, -0.05) is 35.9 Å². The molecule has 1 N–H and O–H groups in total. The van der Waals surface area contributed by atoms with Gasteiger partial charge in [-0.25, -0.2) is 0 Å². The summed E-state index contributed by atoms with van der Waals surface area (Å²) >= 11 is 7.80. The lowest BCUT2D eigenvalue weighted by atomic mass is 9.95. The molecule has 7 heteroatoms. The first-order valence-electron chi connectivity index (χ1n) is 9.48. The zero-order chi connectivity index (χ0) is 20.1. The van der Waals surface area contributed by atoms with Crippen LogP contribution in [-0.2, 0) is 4.79 Å². The van der Waals surface area contributed by atoms with Crippen molar-refractivity contribution in [2.24, 2.45) is 5.92 Å². The highest BCUT2D eigenvalue weighted by molar-refractivity contribution is 7.12. The maximum absolute atomic E-state index is 12.7. The van der Waals surface area contributed by atoms with Crippen LogP contribution in [0.5, 0.6) is 0 Å². The minimum Gasteiger partial charge on any atom is -0.354 e. The number of halogens is 1. The van der Waals surface area contributed by atoms with E-state index in [4.69, 9.17) is 11.6 Å². The van der Waals surface area contributed by atoms with Gasteiger partial charge in [0.1, 0.15) is 0 Å². The molecule has 1 aliphatic rings. The number of thiophene rings is 1. The molecule has 2 aromatic rings. The summed E-state index contributed by atoms with van der Waals surface area (Å²) in [5.41, 5.74) is 1.01. The lowest BCUT2D eigenvalue weighted by molar-refractivity contribution is -0.126. The van der Waals surface area contributed by atoms with E-state index in [1.807, 2.05) is 60.8 Å². The van der Waals surface area contributed by atoms with Gasteiger partial charge in [-0.15, -0.1) is 11.3 Å². The molecule has 0 spiro atoms. The molecule has 0 saturated carbocycles. The summed E-state index contributed by atoms with van der Waals surface area (Å²) in [6.45, 7) is 1.75. The molecule has 1 unspecified atom stereocenters. The standard InChI is InChI=1S/C21H26ClN3O2S/c1-24(2)18(16-6-3-4-7-17(16)22)14-23-20(26)15-9-11-25(12-10-15)21(27)19-8-5-13-28-19/h3-8,13,15,18H,9-12,14H2,1-2H3,(H,23,26). The van der Waals surface area contributed by atoms with Gasteiger partial charge in [-0.2, -0.15) is 0 Å². The molecule has 150 valence electrons. The summed E-state index contributed by atoms with van der Waals surface area (Å²) in [5, 5.41) is 5.71. The van der Waals surface area contributed by atoms with Crippen molar-refractivity contribution < 1.29 is 9.59 Å². The van der Waals surface area contributed by atoms with Crippen LogP contribution >= 0.6 is 22.9 Å². The Kier molecular flexibility index (Phi) is 7.10. The lowest BCUT2D eigenvalue weighted by Gasteiger charge is -2.32. The molecule has 5 nitrogen and oxygen atoms in total. The predicted molar refractivity (Wildman–Crippen MR) is 114 cm³/mol. The van der Waals surface area contributed by atoms with E-state index in [1.165, 1.54) is 11.3 Å². The first-order chi connectivity index (χ1) is 13.5. The molecular weight excluding hydrogens is 394 g/mol. The average molecular weight is 420 g/mol. The van der Waals surface area contributed by atoms with Gasteiger partial charge in [0.2, 0.25) is 5.91 Å². The second kappa shape index (κ2) is 9.54. The van der Waals surface area contributed by atoms with Crippen molar-refractivity contribution in [1.29, 1.82) is 0 Å². The molecule has 1 aliphatic heterocycles. The van der Waals surface area contributed by atoms with E-state index in [0.717, 1.165) is 10.4 Å². The van der Waals surface area contributed by atoms with Crippen LogP contribution in [0, 0.1) is 5.92 Å². The Morgan fingerprint density at radius 1 is 1.21 bits per heavy atom. The molecule has 0 aliphatic carbocycles. The Hall–Kier alpha value is -1.89. The van der Waals surface area contributed by atoms with Crippen molar-refractivity contribution in [2.75, 3.05) is 33.7 Å². The number of carbonyl (C=O) groups is 2. The fourth-order valence-electron chi connectivity index (χ4n) is 3.56. The first kappa shape index (κ1) is 20.8. The van der Waals surface area contributed by atoms with Crippen LogP contribution < -0.4 is 5.32 Å². The normalized spacial score (nSPS) is 16.2. The van der Waals surface area contributed by atoms with Gasteiger partial charge in [0, 0.05) is 30.6 Å². The molecule has 1 atom stereocenters. The minimum atomic E-state index is -0.0542. The van der Waals surface area contributed by atoms with E-state index in [2.05, 4.69) is 10.2 Å². The summed E-state index contributed by atoms with van der Waals surface area (Å²) in [6, 6.07) is 11.5. The second-order valence-electron chi connectivity index (χ2n) is 7.29. The third kappa shape index (κ3) is 4.93. The molecule has 28 heavy (non-hydrogen) atoms. The Balaban J connectivity index is 1.52. The molecule has 1 fully saturated rings. The number of nitrogens with zero attached hydrogens (tertiary/aromatic N) is 2. The highest BCUT2D eigenvalue weighted by atomic mass is 35.5. The number of hydrogen-bond donors (Lipinski definition) is 1. The van der Waals surface area contributed by atoms with Gasteiger partial charge in [0.15, 0.2) is 0 Å². The van der Waals surface area contributed by atoms with Crippen LogP contribution in [0.3, 0.4) is 0 Å². The van der Waals surface area contributed by atoms with E-state index < -0.39 is 0 Å². The SMILES string of the molecule is CN(C)C(CNC(=O)C1CCN(C(=O)c2cccs2)CC1)c1ccccc1Cl. The predicted octanol–water partition coefficient (Wildman–Crippen LogP) is 3.67. The summed E-state index contributed by atoms with van der Waals surface area (Å²) < 4.78 is 0. The topological polar surface area (TPSA) is 52.7 Å². The van der Waals surface area contributed by atoms with Crippen LogP contribution in [-0.4, -0.2) is 55.3 Å². The van der Waals surface area contributed by atoms with Gasteiger partial charge in [0.25, 0.3) is 5.91 Å². The van der Waals surface area contributed by atoms with E-state index in [9.17, 15) is 9.59 Å². The summed E-state index contributed by atoms with van der Waals surface area (Å²) in [5.74, 6) is 0.0730. The first-order valence-corrected chi connectivity index (χ1v) is 10.7. The third-order valence-electron chi connectivity index (χ3n) is 5.24. The van der Waals surface area contributed by atoms with Gasteiger partial charge in [-0.05, 0) is 50.0 Å². The van der Waals surface area contributed by atoms with Crippen LogP contribution in [0.25, 0.3) is 0 Å². The number of likely N-dealkylation sites (tertiary alicyclic amines) is 1. The third-order valence-corrected chi connectivity index (χ3v) is 6.44. The van der Waals surface area contributed by atoms with Crippen molar-refractivity contribution in [1.82, 2.24) is 15.1 Å². The molecular formula is C21H26ClN3O2S. The van der Waals surface area contributed by atoms with E-state index in [-0.39, 0.29) is 23.8 Å². The average Bonchev–Trinajstić information content (AvgIpc) is 3.23. The van der Waals surface area contributed by atoms with Crippen LogP contribution in [0.2, 0.25) is 5.02 Å².